The summed E-state index contributed by atoms with van der Waals surface area (Å²) in [4.78, 5) is 21.7. The Morgan fingerprint density at radius 3 is 2.52 bits per heavy atom. The van der Waals surface area contributed by atoms with Crippen LogP contribution in [0.15, 0.2) is 42.5 Å². The predicted octanol–water partition coefficient (Wildman–Crippen LogP) is 3.05. The van der Waals surface area contributed by atoms with Crippen molar-refractivity contribution in [2.75, 3.05) is 5.32 Å². The third kappa shape index (κ3) is 3.59. The molecule has 0 unspecified atom stereocenters. The van der Waals surface area contributed by atoms with Gasteiger partial charge < -0.3 is 5.32 Å². The van der Waals surface area contributed by atoms with E-state index >= 15 is 0 Å². The Balaban J connectivity index is 2.15. The second-order valence-electron chi connectivity index (χ2n) is 4.24. The first-order valence-electron chi connectivity index (χ1n) is 5.94. The number of halogens is 2. The number of nitrogens with zero attached hydrogens (tertiary/aromatic N) is 1. The lowest BCUT2D eigenvalue weighted by Crippen LogP contribution is -2.16. The van der Waals surface area contributed by atoms with Crippen molar-refractivity contribution in [1.29, 1.82) is 0 Å². The monoisotopic (exact) mass is 292 g/mol. The summed E-state index contributed by atoms with van der Waals surface area (Å²) < 4.78 is 26.9. The van der Waals surface area contributed by atoms with Crippen LogP contribution in [-0.2, 0) is 11.2 Å². The highest BCUT2D eigenvalue weighted by atomic mass is 19.1. The molecule has 1 N–H and O–H groups in total. The first kappa shape index (κ1) is 14.6. The molecule has 2 aromatic rings. The highest BCUT2D eigenvalue weighted by Crippen LogP contribution is 2.21. The molecule has 0 aliphatic heterocycles. The van der Waals surface area contributed by atoms with E-state index in [-0.39, 0.29) is 23.4 Å². The molecule has 0 saturated heterocycles. The topological polar surface area (TPSA) is 72.2 Å². The standard InChI is InChI=1S/C14H10F2N2O3/c15-11-4-2-1-3-9(11)7-14(19)17-13-8-10(18(20)21)5-6-12(13)16/h1-6,8H,7H2,(H,17,19). The minimum absolute atomic E-state index is 0.154. The maximum Gasteiger partial charge on any atom is 0.271 e. The Kier molecular flexibility index (Phi) is 4.22. The Bertz CT molecular complexity index is 704. The van der Waals surface area contributed by atoms with Gasteiger partial charge in [-0.3, -0.25) is 14.9 Å². The zero-order valence-electron chi connectivity index (χ0n) is 10.7. The van der Waals surface area contributed by atoms with Crippen molar-refractivity contribution in [3.63, 3.8) is 0 Å². The summed E-state index contributed by atoms with van der Waals surface area (Å²) in [7, 11) is 0. The summed E-state index contributed by atoms with van der Waals surface area (Å²) in [6.07, 6.45) is -0.297. The molecular formula is C14H10F2N2O3. The van der Waals surface area contributed by atoms with Gasteiger partial charge in [0.1, 0.15) is 11.6 Å². The van der Waals surface area contributed by atoms with E-state index in [0.717, 1.165) is 18.2 Å². The molecule has 0 heterocycles. The minimum Gasteiger partial charge on any atom is -0.323 e. The largest absolute Gasteiger partial charge is 0.323 e. The number of rotatable bonds is 4. The van der Waals surface area contributed by atoms with E-state index in [4.69, 9.17) is 0 Å². The molecule has 7 heteroatoms. The van der Waals surface area contributed by atoms with E-state index < -0.39 is 22.5 Å². The van der Waals surface area contributed by atoms with Crippen molar-refractivity contribution in [2.45, 2.75) is 6.42 Å². The molecule has 0 fully saturated rings. The molecule has 108 valence electrons. The zero-order valence-corrected chi connectivity index (χ0v) is 10.7. The second kappa shape index (κ2) is 6.08. The van der Waals surface area contributed by atoms with Crippen molar-refractivity contribution in [2.24, 2.45) is 0 Å². The molecule has 0 saturated carbocycles. The van der Waals surface area contributed by atoms with E-state index in [1.165, 1.54) is 18.2 Å². The molecule has 2 rings (SSSR count). The van der Waals surface area contributed by atoms with Gasteiger partial charge in [-0.25, -0.2) is 8.78 Å². The van der Waals surface area contributed by atoms with Gasteiger partial charge in [-0.1, -0.05) is 18.2 Å². The van der Waals surface area contributed by atoms with Crippen LogP contribution < -0.4 is 5.32 Å². The normalized spacial score (nSPS) is 10.2. The number of hydrogen-bond acceptors (Lipinski definition) is 3. The molecule has 0 aliphatic carbocycles. The minimum atomic E-state index is -0.803. The van der Waals surface area contributed by atoms with Crippen LogP contribution in [0.5, 0.6) is 0 Å². The highest BCUT2D eigenvalue weighted by Gasteiger charge is 2.14. The molecule has 0 radical (unpaired) electrons. The second-order valence-corrected chi connectivity index (χ2v) is 4.24. The Morgan fingerprint density at radius 1 is 1.14 bits per heavy atom. The number of amides is 1. The predicted molar refractivity (Wildman–Crippen MR) is 71.8 cm³/mol. The van der Waals surface area contributed by atoms with Gasteiger partial charge in [-0.2, -0.15) is 0 Å². The van der Waals surface area contributed by atoms with Gasteiger partial charge in [-0.05, 0) is 17.7 Å². The molecule has 21 heavy (non-hydrogen) atoms. The number of non-ortho nitro benzene ring substituents is 1. The van der Waals surface area contributed by atoms with Crippen LogP contribution in [0.3, 0.4) is 0 Å². The fourth-order valence-corrected chi connectivity index (χ4v) is 1.73. The van der Waals surface area contributed by atoms with Gasteiger partial charge in [0.15, 0.2) is 0 Å². The van der Waals surface area contributed by atoms with Gasteiger partial charge in [0.2, 0.25) is 5.91 Å². The highest BCUT2D eigenvalue weighted by molar-refractivity contribution is 5.92. The summed E-state index contributed by atoms with van der Waals surface area (Å²) in [5.41, 5.74) is -0.510. The lowest BCUT2D eigenvalue weighted by Gasteiger charge is -2.07. The lowest BCUT2D eigenvalue weighted by molar-refractivity contribution is -0.384. The van der Waals surface area contributed by atoms with E-state index in [9.17, 15) is 23.7 Å². The molecule has 2 aromatic carbocycles. The smallest absolute Gasteiger partial charge is 0.271 e. The zero-order chi connectivity index (χ0) is 15.4. The van der Waals surface area contributed by atoms with Crippen molar-refractivity contribution >= 4 is 17.3 Å². The molecular weight excluding hydrogens is 282 g/mol. The van der Waals surface area contributed by atoms with Gasteiger partial charge in [-0.15, -0.1) is 0 Å². The fraction of sp³-hybridized carbons (Fsp3) is 0.0714. The van der Waals surface area contributed by atoms with Gasteiger partial charge in [0.25, 0.3) is 5.69 Å². The molecule has 1 amide bonds. The maximum absolute atomic E-state index is 13.5. The van der Waals surface area contributed by atoms with Crippen LogP contribution in [0, 0.1) is 21.7 Å². The summed E-state index contributed by atoms with van der Waals surface area (Å²) in [5.74, 6) is -2.02. The Labute approximate surface area is 118 Å². The number of benzene rings is 2. The summed E-state index contributed by atoms with van der Waals surface area (Å²) in [6, 6.07) is 8.47. The molecule has 0 bridgehead atoms. The van der Waals surface area contributed by atoms with Crippen molar-refractivity contribution in [3.8, 4) is 0 Å². The average molecular weight is 292 g/mol. The van der Waals surface area contributed by atoms with E-state index in [1.54, 1.807) is 6.07 Å². The third-order valence-electron chi connectivity index (χ3n) is 2.74. The van der Waals surface area contributed by atoms with Crippen molar-refractivity contribution in [1.82, 2.24) is 0 Å². The number of hydrogen-bond donors (Lipinski definition) is 1. The van der Waals surface area contributed by atoms with Crippen molar-refractivity contribution < 1.29 is 18.5 Å². The summed E-state index contributed by atoms with van der Waals surface area (Å²) >= 11 is 0. The van der Waals surface area contributed by atoms with E-state index in [1.807, 2.05) is 0 Å². The van der Waals surface area contributed by atoms with Crippen LogP contribution in [0.25, 0.3) is 0 Å². The summed E-state index contributed by atoms with van der Waals surface area (Å²) in [6.45, 7) is 0. The van der Waals surface area contributed by atoms with Crippen LogP contribution in [0.1, 0.15) is 5.56 Å². The van der Waals surface area contributed by atoms with Crippen LogP contribution in [-0.4, -0.2) is 10.8 Å². The molecule has 0 aliphatic rings. The van der Waals surface area contributed by atoms with E-state index in [0.29, 0.717) is 0 Å². The molecule has 0 spiro atoms. The Morgan fingerprint density at radius 2 is 1.86 bits per heavy atom. The van der Waals surface area contributed by atoms with E-state index in [2.05, 4.69) is 5.32 Å². The SMILES string of the molecule is O=C(Cc1ccccc1F)Nc1cc([N+](=O)[O-])ccc1F. The number of nitro benzene ring substituents is 1. The quantitative estimate of drug-likeness (QED) is 0.695. The molecule has 0 atom stereocenters. The van der Waals surface area contributed by atoms with Gasteiger partial charge in [0.05, 0.1) is 17.0 Å². The van der Waals surface area contributed by atoms with Crippen LogP contribution in [0.4, 0.5) is 20.2 Å². The van der Waals surface area contributed by atoms with Gasteiger partial charge in [0, 0.05) is 12.1 Å². The third-order valence-corrected chi connectivity index (χ3v) is 2.74. The maximum atomic E-state index is 13.5. The van der Waals surface area contributed by atoms with Crippen molar-refractivity contribution in [3.05, 3.63) is 69.8 Å². The molecule has 0 aromatic heterocycles. The van der Waals surface area contributed by atoms with Gasteiger partial charge >= 0.3 is 0 Å². The number of carbonyl (C=O) groups is 1. The summed E-state index contributed by atoms with van der Waals surface area (Å²) in [5, 5.41) is 12.8. The Hall–Kier alpha value is -2.83. The first-order valence-corrected chi connectivity index (χ1v) is 5.94. The number of nitrogens with one attached hydrogen (secondary N) is 1. The number of anilines is 1. The number of carbonyl (C=O) groups excluding carboxylic acids is 1. The lowest BCUT2D eigenvalue weighted by atomic mass is 10.1. The average Bonchev–Trinajstić information content (AvgIpc) is 2.43. The number of nitro groups is 1. The molecule has 5 nitrogen and oxygen atoms in total. The fourth-order valence-electron chi connectivity index (χ4n) is 1.73. The van der Waals surface area contributed by atoms with Crippen LogP contribution in [0.2, 0.25) is 0 Å². The first-order chi connectivity index (χ1) is 9.97. The van der Waals surface area contributed by atoms with Crippen LogP contribution >= 0.6 is 0 Å².